The number of nitrogens with two attached hydrogens (primary N) is 1. The zero-order valence-electron chi connectivity index (χ0n) is 29.1. The number of urea groups is 2. The van der Waals surface area contributed by atoms with E-state index in [9.17, 15) is 28.8 Å². The molecule has 4 saturated heterocycles. The van der Waals surface area contributed by atoms with Crippen molar-refractivity contribution in [3.8, 4) is 0 Å². The van der Waals surface area contributed by atoms with Crippen LogP contribution in [0.5, 0.6) is 0 Å². The van der Waals surface area contributed by atoms with Gasteiger partial charge in [0.2, 0.25) is 5.91 Å². The summed E-state index contributed by atoms with van der Waals surface area (Å²) in [4.78, 5) is 83.9. The number of hydrogen-bond acceptors (Lipinski definition) is 9. The molecular weight excluding hydrogens is 660 g/mol. The third kappa shape index (κ3) is 10.3. The van der Waals surface area contributed by atoms with Crippen LogP contribution in [-0.2, 0) is 42.1 Å². The highest BCUT2D eigenvalue weighted by atomic mass is 16.7. The highest BCUT2D eigenvalue weighted by Gasteiger charge is 2.49. The quantitative estimate of drug-likeness (QED) is 0.279. The normalized spacial score (nSPS) is 21.7. The Morgan fingerprint density at radius 3 is 1.59 bits per heavy atom. The predicted octanol–water partition coefficient (Wildman–Crippen LogP) is 2.88. The van der Waals surface area contributed by atoms with Crippen LogP contribution < -0.4 is 11.1 Å². The van der Waals surface area contributed by atoms with Crippen molar-refractivity contribution in [1.82, 2.24) is 25.2 Å². The van der Waals surface area contributed by atoms with E-state index in [4.69, 9.17) is 20.5 Å². The van der Waals surface area contributed by atoms with Crippen LogP contribution >= 0.6 is 0 Å². The van der Waals surface area contributed by atoms with Crippen molar-refractivity contribution < 1.29 is 43.5 Å². The maximum absolute atomic E-state index is 12.6. The summed E-state index contributed by atoms with van der Waals surface area (Å²) in [5.74, 6) is -1.11. The molecule has 4 N–H and O–H groups in total. The van der Waals surface area contributed by atoms with Gasteiger partial charge in [0, 0.05) is 25.9 Å². The number of carboxylic acid groups (broad SMARTS) is 1. The third-order valence-corrected chi connectivity index (χ3v) is 9.14. The minimum atomic E-state index is -0.943. The van der Waals surface area contributed by atoms with Crippen molar-refractivity contribution in [1.29, 1.82) is 0 Å². The lowest BCUT2D eigenvalue weighted by Gasteiger charge is -2.29. The lowest BCUT2D eigenvalue weighted by atomic mass is 10.0. The van der Waals surface area contributed by atoms with Gasteiger partial charge in [0.1, 0.15) is 31.1 Å². The fraction of sp³-hybridized carbons (Fsp3) is 0.500. The van der Waals surface area contributed by atoms with Crippen molar-refractivity contribution in [2.45, 2.75) is 89.8 Å². The minimum absolute atomic E-state index is 0.0194. The molecule has 15 nitrogen and oxygen atoms in total. The van der Waals surface area contributed by atoms with Crippen LogP contribution in [0.3, 0.4) is 0 Å². The van der Waals surface area contributed by atoms with Gasteiger partial charge in [-0.3, -0.25) is 24.1 Å². The molecule has 4 fully saturated rings. The maximum atomic E-state index is 12.6. The number of rotatable bonds is 13. The molecule has 276 valence electrons. The molecule has 2 aromatic carbocycles. The van der Waals surface area contributed by atoms with Gasteiger partial charge in [-0.2, -0.15) is 10.1 Å². The summed E-state index contributed by atoms with van der Waals surface area (Å²) in [5, 5.41) is 14.5. The number of hydrogen-bond donors (Lipinski definition) is 3. The number of aliphatic carboxylic acids is 1. The van der Waals surface area contributed by atoms with Gasteiger partial charge in [0.15, 0.2) is 5.78 Å². The van der Waals surface area contributed by atoms with Gasteiger partial charge >= 0.3 is 18.0 Å². The average molecular weight is 709 g/mol. The van der Waals surface area contributed by atoms with Crippen LogP contribution in [0.15, 0.2) is 60.7 Å². The number of carboxylic acids is 1. The van der Waals surface area contributed by atoms with E-state index < -0.39 is 18.1 Å². The first-order valence-corrected chi connectivity index (χ1v) is 17.3. The number of amides is 5. The Labute approximate surface area is 297 Å². The predicted molar refractivity (Wildman–Crippen MR) is 184 cm³/mol. The Kier molecular flexibility index (Phi) is 14.5. The van der Waals surface area contributed by atoms with E-state index in [-0.39, 0.29) is 54.7 Å². The van der Waals surface area contributed by atoms with E-state index in [2.05, 4.69) is 5.32 Å². The van der Waals surface area contributed by atoms with E-state index in [1.165, 1.54) is 15.0 Å². The summed E-state index contributed by atoms with van der Waals surface area (Å²) in [6, 6.07) is 17.3. The first-order valence-electron chi connectivity index (χ1n) is 17.3. The number of hydroxylamine groups is 4. The Hall–Kier alpha value is -4.86. The van der Waals surface area contributed by atoms with E-state index in [1.54, 1.807) is 18.7 Å². The molecule has 5 amide bonds. The SMILES string of the molecule is CCC(=O)CN.CCC(=O)CNC(=O)[C@@H]1CC[C@@H]2CN1C(=O)N2OCc1ccccc1.O=C(O)[C@@H]1CC[C@@H]2CN1C(=O)N2OCc1ccccc1. The molecule has 0 unspecified atom stereocenters. The number of benzene rings is 2. The molecule has 0 saturated carbocycles. The average Bonchev–Trinajstić information content (AvgIpc) is 3.54. The second-order valence-corrected chi connectivity index (χ2v) is 12.6. The maximum Gasteiger partial charge on any atom is 0.345 e. The van der Waals surface area contributed by atoms with Crippen LogP contribution in [0, 0.1) is 0 Å². The number of ketones is 2. The van der Waals surface area contributed by atoms with Crippen molar-refractivity contribution in [3.05, 3.63) is 71.8 Å². The molecule has 4 bridgehead atoms. The number of fused-ring (bicyclic) bond motifs is 4. The van der Waals surface area contributed by atoms with Gasteiger partial charge in [-0.15, -0.1) is 0 Å². The topological polar surface area (TPSA) is 192 Å². The smallest absolute Gasteiger partial charge is 0.345 e. The molecule has 6 rings (SSSR count). The number of nitrogens with zero attached hydrogens (tertiary/aromatic N) is 4. The molecule has 0 spiro atoms. The molecular formula is C36H48N6O9. The van der Waals surface area contributed by atoms with E-state index in [1.807, 2.05) is 60.7 Å². The van der Waals surface area contributed by atoms with Gasteiger partial charge in [-0.25, -0.2) is 14.4 Å². The number of carbonyl (C=O) groups is 6. The summed E-state index contributed by atoms with van der Waals surface area (Å²) in [6.07, 6.45) is 3.38. The van der Waals surface area contributed by atoms with Gasteiger partial charge in [-0.05, 0) is 36.8 Å². The van der Waals surface area contributed by atoms with Crippen LogP contribution in [0.25, 0.3) is 0 Å². The fourth-order valence-corrected chi connectivity index (χ4v) is 6.13. The zero-order chi connectivity index (χ0) is 36.9. The van der Waals surface area contributed by atoms with E-state index >= 15 is 0 Å². The Bertz CT molecular complexity index is 1510. The lowest BCUT2D eigenvalue weighted by Crippen LogP contribution is -2.50. The standard InChI is InChI=1S/C18H23N3O4.C14H16N2O4.C4H9NO/c1-2-15(22)10-19-17(23)16-9-8-14-11-20(16)18(24)21(14)25-12-13-6-4-3-5-7-13;17-13(18)12-7-6-11-8-15(12)14(19)16(11)20-9-10-4-2-1-3-5-10;1-2-4(6)3-5/h3-7,14,16H,2,8-12H2,1H3,(H,19,23);1-5,11-12H,6-9H2,(H,17,18);2-3,5H2,1H3/t14-,16+;11-,12+;/m11./s1. The number of carbonyl (C=O) groups excluding carboxylic acids is 5. The van der Waals surface area contributed by atoms with Crippen molar-refractivity contribution in [2.75, 3.05) is 26.2 Å². The second-order valence-electron chi connectivity index (χ2n) is 12.6. The first kappa shape index (κ1) is 38.9. The molecule has 0 radical (unpaired) electrons. The third-order valence-electron chi connectivity index (χ3n) is 9.14. The molecule has 51 heavy (non-hydrogen) atoms. The minimum Gasteiger partial charge on any atom is -0.480 e. The first-order chi connectivity index (χ1) is 24.6. The van der Waals surface area contributed by atoms with Crippen LogP contribution in [0.1, 0.15) is 63.5 Å². The zero-order valence-corrected chi connectivity index (χ0v) is 29.1. The van der Waals surface area contributed by atoms with Gasteiger partial charge in [-0.1, -0.05) is 74.5 Å². The molecule has 4 heterocycles. The highest BCUT2D eigenvalue weighted by Crippen LogP contribution is 2.31. The van der Waals surface area contributed by atoms with Crippen molar-refractivity contribution >= 4 is 35.5 Å². The Balaban J connectivity index is 0.000000201. The number of piperidine rings is 2. The molecule has 4 aliphatic heterocycles. The largest absolute Gasteiger partial charge is 0.480 e. The van der Waals surface area contributed by atoms with E-state index in [0.717, 1.165) is 11.1 Å². The second kappa shape index (κ2) is 18.9. The lowest BCUT2D eigenvalue weighted by molar-refractivity contribution is -0.143. The van der Waals surface area contributed by atoms with E-state index in [0.29, 0.717) is 64.8 Å². The number of Topliss-reactive ketones (excluding diaryl/α,β-unsaturated/α-hetero) is 2. The highest BCUT2D eigenvalue weighted by molar-refractivity contribution is 5.91. The molecule has 0 aromatic heterocycles. The Morgan fingerprint density at radius 2 is 1.18 bits per heavy atom. The van der Waals surface area contributed by atoms with Crippen LogP contribution in [0.4, 0.5) is 9.59 Å². The molecule has 0 aliphatic carbocycles. The van der Waals surface area contributed by atoms with Crippen LogP contribution in [0.2, 0.25) is 0 Å². The van der Waals surface area contributed by atoms with Gasteiger partial charge in [0.05, 0.1) is 25.2 Å². The summed E-state index contributed by atoms with van der Waals surface area (Å²) in [7, 11) is 0. The summed E-state index contributed by atoms with van der Waals surface area (Å²) in [6.45, 7) is 5.31. The van der Waals surface area contributed by atoms with Gasteiger partial charge < -0.3 is 26.0 Å². The molecule has 2 aromatic rings. The van der Waals surface area contributed by atoms with Crippen molar-refractivity contribution in [3.63, 3.8) is 0 Å². The monoisotopic (exact) mass is 708 g/mol. The molecule has 4 atom stereocenters. The van der Waals surface area contributed by atoms with Gasteiger partial charge in [0.25, 0.3) is 0 Å². The molecule has 4 aliphatic rings. The summed E-state index contributed by atoms with van der Waals surface area (Å²) >= 11 is 0. The summed E-state index contributed by atoms with van der Waals surface area (Å²) in [5.41, 5.74) is 6.90. The van der Waals surface area contributed by atoms with Crippen molar-refractivity contribution in [2.24, 2.45) is 5.73 Å². The summed E-state index contributed by atoms with van der Waals surface area (Å²) < 4.78 is 0. The number of nitrogens with one attached hydrogen (secondary N) is 1. The Morgan fingerprint density at radius 1 is 0.725 bits per heavy atom. The fourth-order valence-electron chi connectivity index (χ4n) is 6.13. The van der Waals surface area contributed by atoms with Crippen LogP contribution in [-0.4, -0.2) is 111 Å². The molecule has 15 heteroatoms.